The maximum Gasteiger partial charge on any atom is 0.267 e. The fraction of sp³-hybridized carbons (Fsp3) is 0.227. The van der Waals surface area contributed by atoms with Gasteiger partial charge in [0.2, 0.25) is 0 Å². The second kappa shape index (κ2) is 7.64. The topological polar surface area (TPSA) is 94.8 Å². The largest absolute Gasteiger partial charge is 0.377 e. The van der Waals surface area contributed by atoms with Crippen LogP contribution in [0, 0.1) is 6.92 Å². The zero-order valence-corrected chi connectivity index (χ0v) is 16.4. The number of benzene rings is 1. The summed E-state index contributed by atoms with van der Waals surface area (Å²) in [6, 6.07) is 14.6. The molecule has 1 aliphatic rings. The first-order valence-corrected chi connectivity index (χ1v) is 9.77. The lowest BCUT2D eigenvalue weighted by molar-refractivity contribution is 0.183. The monoisotopic (exact) mass is 400 g/mol. The molecule has 2 atom stereocenters. The van der Waals surface area contributed by atoms with Crippen LogP contribution < -0.4 is 10.9 Å². The molecule has 5 rings (SSSR count). The molecule has 0 amide bonds. The Morgan fingerprint density at radius 2 is 1.80 bits per heavy atom. The highest BCUT2D eigenvalue weighted by molar-refractivity contribution is 5.92. The first-order chi connectivity index (χ1) is 14.7. The Labute approximate surface area is 172 Å². The van der Waals surface area contributed by atoms with Crippen LogP contribution >= 0.6 is 0 Å². The maximum absolute atomic E-state index is 12.6. The summed E-state index contributed by atoms with van der Waals surface area (Å²) in [6.07, 6.45) is 3.41. The Balaban J connectivity index is 1.50. The summed E-state index contributed by atoms with van der Waals surface area (Å²) in [4.78, 5) is 16.7. The van der Waals surface area contributed by atoms with Gasteiger partial charge >= 0.3 is 0 Å². The van der Waals surface area contributed by atoms with Gasteiger partial charge in [-0.2, -0.15) is 10.2 Å². The van der Waals surface area contributed by atoms with Crippen LogP contribution in [-0.2, 0) is 4.74 Å². The molecule has 150 valence electrons. The number of nitrogens with zero attached hydrogens (tertiary/aromatic N) is 5. The van der Waals surface area contributed by atoms with E-state index in [4.69, 9.17) is 4.74 Å². The first kappa shape index (κ1) is 18.4. The van der Waals surface area contributed by atoms with Gasteiger partial charge in [0, 0.05) is 34.8 Å². The molecule has 0 spiro atoms. The number of nitrogens with one attached hydrogen (secondary N) is 1. The number of hydrogen-bond donors (Lipinski definition) is 1. The maximum atomic E-state index is 12.6. The number of rotatable bonds is 4. The number of ether oxygens (including phenoxy) is 1. The minimum absolute atomic E-state index is 0.164. The van der Waals surface area contributed by atoms with Crippen LogP contribution in [0.4, 0.5) is 5.82 Å². The average Bonchev–Trinajstić information content (AvgIpc) is 3.25. The van der Waals surface area contributed by atoms with Crippen molar-refractivity contribution < 1.29 is 4.74 Å². The predicted octanol–water partition coefficient (Wildman–Crippen LogP) is 2.61. The fourth-order valence-electron chi connectivity index (χ4n) is 3.78. The lowest BCUT2D eigenvalue weighted by atomic mass is 10.1. The summed E-state index contributed by atoms with van der Waals surface area (Å²) in [6.45, 7) is 2.78. The summed E-state index contributed by atoms with van der Waals surface area (Å²) >= 11 is 0. The van der Waals surface area contributed by atoms with E-state index in [1.165, 1.54) is 4.68 Å². The Morgan fingerprint density at radius 3 is 2.63 bits per heavy atom. The molecule has 1 aliphatic heterocycles. The van der Waals surface area contributed by atoms with Gasteiger partial charge in [-0.05, 0) is 25.1 Å². The molecule has 0 saturated carbocycles. The number of pyridine rings is 1. The van der Waals surface area contributed by atoms with Crippen LogP contribution in [0.3, 0.4) is 0 Å². The van der Waals surface area contributed by atoms with Gasteiger partial charge < -0.3 is 10.1 Å². The molecule has 8 heteroatoms. The molecule has 1 aromatic carbocycles. The highest BCUT2D eigenvalue weighted by atomic mass is 16.5. The molecule has 30 heavy (non-hydrogen) atoms. The predicted molar refractivity (Wildman–Crippen MR) is 113 cm³/mol. The molecule has 1 N–H and O–H groups in total. The number of anilines is 1. The minimum Gasteiger partial charge on any atom is -0.377 e. The van der Waals surface area contributed by atoms with Crippen molar-refractivity contribution in [3.05, 3.63) is 77.0 Å². The normalized spacial score (nSPS) is 18.6. The molecule has 4 heterocycles. The molecule has 1 fully saturated rings. The molecule has 3 aromatic heterocycles. The zero-order chi connectivity index (χ0) is 20.5. The standard InChI is InChI=1S/C22H20N6O2/c1-14-16-4-2-3-5-17(16)22(26-25-14)24-19-12-30-13-20(19)28-21(29)7-6-18(27-28)15-8-10-23-11-9-15/h2-11,19-20H,12-13H2,1H3,(H,24,26). The van der Waals surface area contributed by atoms with Crippen molar-refractivity contribution in [2.24, 2.45) is 0 Å². The van der Waals surface area contributed by atoms with E-state index in [1.54, 1.807) is 24.5 Å². The van der Waals surface area contributed by atoms with E-state index in [0.29, 0.717) is 24.7 Å². The van der Waals surface area contributed by atoms with E-state index >= 15 is 0 Å². The molecular weight excluding hydrogens is 380 g/mol. The van der Waals surface area contributed by atoms with Crippen LogP contribution in [-0.4, -0.2) is 44.2 Å². The van der Waals surface area contributed by atoms with Crippen molar-refractivity contribution in [2.75, 3.05) is 18.5 Å². The Kier molecular flexibility index (Phi) is 4.68. The van der Waals surface area contributed by atoms with Crippen LogP contribution in [0.1, 0.15) is 11.7 Å². The van der Waals surface area contributed by atoms with E-state index in [1.807, 2.05) is 43.3 Å². The molecule has 8 nitrogen and oxygen atoms in total. The van der Waals surface area contributed by atoms with Crippen LogP contribution in [0.15, 0.2) is 65.7 Å². The van der Waals surface area contributed by atoms with E-state index in [2.05, 4.69) is 25.6 Å². The lowest BCUT2D eigenvalue weighted by Gasteiger charge is -2.21. The third-order valence-corrected chi connectivity index (χ3v) is 5.36. The van der Waals surface area contributed by atoms with Gasteiger partial charge in [0.05, 0.1) is 30.6 Å². The molecular formula is C22H20N6O2. The van der Waals surface area contributed by atoms with Gasteiger partial charge in [0.15, 0.2) is 5.82 Å². The van der Waals surface area contributed by atoms with Crippen molar-refractivity contribution in [2.45, 2.75) is 19.0 Å². The van der Waals surface area contributed by atoms with Gasteiger partial charge in [-0.15, -0.1) is 5.10 Å². The van der Waals surface area contributed by atoms with Crippen molar-refractivity contribution in [3.63, 3.8) is 0 Å². The lowest BCUT2D eigenvalue weighted by Crippen LogP contribution is -2.37. The summed E-state index contributed by atoms with van der Waals surface area (Å²) in [5.74, 6) is 0.676. The zero-order valence-electron chi connectivity index (χ0n) is 16.4. The number of aryl methyl sites for hydroxylation is 1. The van der Waals surface area contributed by atoms with E-state index in [9.17, 15) is 4.79 Å². The SMILES string of the molecule is Cc1nnc(NC2COCC2n2nc(-c3ccncc3)ccc2=O)c2ccccc12. The van der Waals surface area contributed by atoms with Crippen molar-refractivity contribution in [3.8, 4) is 11.3 Å². The molecule has 0 aliphatic carbocycles. The van der Waals surface area contributed by atoms with E-state index in [0.717, 1.165) is 22.0 Å². The third kappa shape index (κ3) is 3.31. The Hall–Kier alpha value is -3.65. The molecule has 0 bridgehead atoms. The number of hydrogen-bond acceptors (Lipinski definition) is 7. The molecule has 4 aromatic rings. The Bertz CT molecular complexity index is 1260. The third-order valence-electron chi connectivity index (χ3n) is 5.36. The summed E-state index contributed by atoms with van der Waals surface area (Å²) < 4.78 is 7.22. The van der Waals surface area contributed by atoms with Crippen LogP contribution in [0.5, 0.6) is 0 Å². The van der Waals surface area contributed by atoms with Crippen molar-refractivity contribution in [1.82, 2.24) is 25.0 Å². The fourth-order valence-corrected chi connectivity index (χ4v) is 3.78. The van der Waals surface area contributed by atoms with Crippen LogP contribution in [0.25, 0.3) is 22.0 Å². The highest BCUT2D eigenvalue weighted by Gasteiger charge is 2.32. The smallest absolute Gasteiger partial charge is 0.267 e. The van der Waals surface area contributed by atoms with Crippen molar-refractivity contribution >= 4 is 16.6 Å². The summed E-state index contributed by atoms with van der Waals surface area (Å²) in [7, 11) is 0. The molecule has 0 radical (unpaired) electrons. The average molecular weight is 400 g/mol. The van der Waals surface area contributed by atoms with E-state index < -0.39 is 0 Å². The first-order valence-electron chi connectivity index (χ1n) is 9.77. The number of fused-ring (bicyclic) bond motifs is 1. The summed E-state index contributed by atoms with van der Waals surface area (Å²) in [5, 5.41) is 18.7. The molecule has 1 saturated heterocycles. The second-order valence-corrected chi connectivity index (χ2v) is 7.27. The Morgan fingerprint density at radius 1 is 1.00 bits per heavy atom. The molecule has 2 unspecified atom stereocenters. The highest BCUT2D eigenvalue weighted by Crippen LogP contribution is 2.27. The van der Waals surface area contributed by atoms with Gasteiger partial charge in [-0.1, -0.05) is 24.3 Å². The van der Waals surface area contributed by atoms with Gasteiger partial charge in [-0.25, -0.2) is 4.68 Å². The van der Waals surface area contributed by atoms with Gasteiger partial charge in [0.1, 0.15) is 6.04 Å². The van der Waals surface area contributed by atoms with Crippen LogP contribution in [0.2, 0.25) is 0 Å². The van der Waals surface area contributed by atoms with Gasteiger partial charge in [-0.3, -0.25) is 9.78 Å². The van der Waals surface area contributed by atoms with E-state index in [-0.39, 0.29) is 17.6 Å². The quantitative estimate of drug-likeness (QED) is 0.563. The summed E-state index contributed by atoms with van der Waals surface area (Å²) in [5.41, 5.74) is 2.31. The van der Waals surface area contributed by atoms with Crippen molar-refractivity contribution in [1.29, 1.82) is 0 Å². The minimum atomic E-state index is -0.263. The van der Waals surface area contributed by atoms with Gasteiger partial charge in [0.25, 0.3) is 5.56 Å². The number of aromatic nitrogens is 5. The second-order valence-electron chi connectivity index (χ2n) is 7.27.